The van der Waals surface area contributed by atoms with Gasteiger partial charge in [0.25, 0.3) is 0 Å². The van der Waals surface area contributed by atoms with Crippen LogP contribution in [0.5, 0.6) is 0 Å². The molecule has 5 atom stereocenters. The van der Waals surface area contributed by atoms with Crippen molar-refractivity contribution in [2.45, 2.75) is 82.2 Å². The molecule has 0 bridgehead atoms. The lowest BCUT2D eigenvalue weighted by Gasteiger charge is -2.40. The molecule has 5 rings (SSSR count). The first-order chi connectivity index (χ1) is 18.7. The molecule has 39 heavy (non-hydrogen) atoms. The van der Waals surface area contributed by atoms with Crippen molar-refractivity contribution >= 4 is 17.7 Å². The Morgan fingerprint density at radius 2 is 1.72 bits per heavy atom. The molecular formula is C30H35F2N3O4. The summed E-state index contributed by atoms with van der Waals surface area (Å²) in [7, 11) is 0. The molecule has 2 aromatic rings. The van der Waals surface area contributed by atoms with E-state index in [9.17, 15) is 23.2 Å². The van der Waals surface area contributed by atoms with E-state index in [-0.39, 0.29) is 23.6 Å². The Morgan fingerprint density at radius 3 is 2.36 bits per heavy atom. The summed E-state index contributed by atoms with van der Waals surface area (Å²) in [5.74, 6) is -2.93. The molecule has 0 radical (unpaired) electrons. The van der Waals surface area contributed by atoms with Gasteiger partial charge in [0.05, 0.1) is 18.6 Å². The van der Waals surface area contributed by atoms with Gasteiger partial charge >= 0.3 is 0 Å². The molecule has 2 aliphatic carbocycles. The predicted molar refractivity (Wildman–Crippen MR) is 140 cm³/mol. The van der Waals surface area contributed by atoms with Gasteiger partial charge < -0.3 is 20.3 Å². The highest BCUT2D eigenvalue weighted by atomic mass is 19.1. The van der Waals surface area contributed by atoms with Crippen molar-refractivity contribution in [3.05, 3.63) is 71.3 Å². The van der Waals surface area contributed by atoms with Crippen molar-refractivity contribution in [3.63, 3.8) is 0 Å². The second-order valence-electron chi connectivity index (χ2n) is 11.1. The van der Waals surface area contributed by atoms with E-state index in [4.69, 9.17) is 10.5 Å². The van der Waals surface area contributed by atoms with Gasteiger partial charge in [0.15, 0.2) is 0 Å². The van der Waals surface area contributed by atoms with Gasteiger partial charge in [0, 0.05) is 12.6 Å². The fraction of sp³-hybridized carbons (Fsp3) is 0.500. The number of hydrogen-bond donors (Lipinski definition) is 1. The summed E-state index contributed by atoms with van der Waals surface area (Å²) in [6, 6.07) is 9.63. The van der Waals surface area contributed by atoms with Gasteiger partial charge in [-0.25, -0.2) is 8.78 Å². The minimum Gasteiger partial charge on any atom is -0.368 e. The first-order valence-electron chi connectivity index (χ1n) is 13.8. The van der Waals surface area contributed by atoms with Crippen LogP contribution in [-0.2, 0) is 25.5 Å². The quantitative estimate of drug-likeness (QED) is 0.551. The van der Waals surface area contributed by atoms with Crippen molar-refractivity contribution in [3.8, 4) is 0 Å². The number of nitrogens with zero attached hydrogens (tertiary/aromatic N) is 2. The van der Waals surface area contributed by atoms with Crippen molar-refractivity contribution in [1.29, 1.82) is 0 Å². The molecule has 2 N–H and O–H groups in total. The van der Waals surface area contributed by atoms with Gasteiger partial charge in [-0.05, 0) is 61.8 Å². The lowest BCUT2D eigenvalue weighted by molar-refractivity contribution is -0.154. The SMILES string of the molecule is CC(C(N)=O)N(C(=O)Cc1cc(F)cc(F)c1)[C@@H]1C(=O)N(CC2CC2)[C@H]2CCCC[C@@H]2O[C@@H]1c1ccccc1. The number of hydrogen-bond acceptors (Lipinski definition) is 4. The Balaban J connectivity index is 1.60. The maximum atomic E-state index is 14.6. The zero-order valence-electron chi connectivity index (χ0n) is 22.1. The van der Waals surface area contributed by atoms with Crippen LogP contribution in [0.4, 0.5) is 8.78 Å². The minimum absolute atomic E-state index is 0.0981. The van der Waals surface area contributed by atoms with Crippen LogP contribution >= 0.6 is 0 Å². The number of ether oxygens (including phenoxy) is 1. The Hall–Kier alpha value is -3.33. The average molecular weight is 540 g/mol. The van der Waals surface area contributed by atoms with Crippen LogP contribution in [-0.4, -0.2) is 58.3 Å². The van der Waals surface area contributed by atoms with Crippen LogP contribution in [0, 0.1) is 17.6 Å². The molecule has 0 spiro atoms. The molecule has 7 nitrogen and oxygen atoms in total. The Labute approximate surface area is 227 Å². The van der Waals surface area contributed by atoms with E-state index in [1.165, 1.54) is 11.8 Å². The van der Waals surface area contributed by atoms with Crippen LogP contribution in [0.15, 0.2) is 48.5 Å². The second-order valence-corrected chi connectivity index (χ2v) is 11.1. The monoisotopic (exact) mass is 539 g/mol. The summed E-state index contributed by atoms with van der Waals surface area (Å²) in [6.07, 6.45) is 4.16. The van der Waals surface area contributed by atoms with Crippen molar-refractivity contribution in [1.82, 2.24) is 9.80 Å². The zero-order chi connectivity index (χ0) is 27.7. The molecular weight excluding hydrogens is 504 g/mol. The largest absolute Gasteiger partial charge is 0.368 e. The van der Waals surface area contributed by atoms with E-state index in [0.717, 1.165) is 56.7 Å². The van der Waals surface area contributed by atoms with Gasteiger partial charge in [0.2, 0.25) is 17.7 Å². The molecule has 3 fully saturated rings. The van der Waals surface area contributed by atoms with E-state index in [0.29, 0.717) is 18.0 Å². The van der Waals surface area contributed by atoms with Crippen molar-refractivity contribution in [2.24, 2.45) is 11.7 Å². The average Bonchev–Trinajstić information content (AvgIpc) is 3.73. The fourth-order valence-corrected chi connectivity index (χ4v) is 6.02. The molecule has 1 heterocycles. The number of rotatable bonds is 8. The van der Waals surface area contributed by atoms with Crippen LogP contribution in [0.2, 0.25) is 0 Å². The van der Waals surface area contributed by atoms with Crippen molar-refractivity contribution < 1.29 is 27.9 Å². The molecule has 1 unspecified atom stereocenters. The third kappa shape index (κ3) is 5.98. The number of nitrogens with two attached hydrogens (primary N) is 1. The number of halogens is 2. The number of fused-ring (bicyclic) bond motifs is 1. The number of benzene rings is 2. The maximum Gasteiger partial charge on any atom is 0.248 e. The van der Waals surface area contributed by atoms with Gasteiger partial charge in [-0.15, -0.1) is 0 Å². The van der Waals surface area contributed by atoms with Crippen LogP contribution < -0.4 is 5.73 Å². The van der Waals surface area contributed by atoms with Gasteiger partial charge in [0.1, 0.15) is 29.8 Å². The number of primary amides is 1. The molecule has 2 aromatic carbocycles. The lowest BCUT2D eigenvalue weighted by atomic mass is 9.91. The highest BCUT2D eigenvalue weighted by Crippen LogP contribution is 2.41. The lowest BCUT2D eigenvalue weighted by Crippen LogP contribution is -2.60. The normalized spacial score (nSPS) is 25.9. The second kappa shape index (κ2) is 11.4. The summed E-state index contributed by atoms with van der Waals surface area (Å²) in [4.78, 5) is 44.1. The van der Waals surface area contributed by atoms with Gasteiger partial charge in [-0.2, -0.15) is 0 Å². The maximum absolute atomic E-state index is 14.6. The Morgan fingerprint density at radius 1 is 1.05 bits per heavy atom. The van der Waals surface area contributed by atoms with Gasteiger partial charge in [-0.1, -0.05) is 43.2 Å². The molecule has 1 saturated heterocycles. The first-order valence-corrected chi connectivity index (χ1v) is 13.8. The molecule has 208 valence electrons. The Bertz CT molecular complexity index is 1200. The predicted octanol–water partition coefficient (Wildman–Crippen LogP) is 3.90. The molecule has 3 aliphatic rings. The zero-order valence-corrected chi connectivity index (χ0v) is 22.1. The summed E-state index contributed by atoms with van der Waals surface area (Å²) in [5, 5.41) is 0. The molecule has 9 heteroatoms. The topological polar surface area (TPSA) is 92.9 Å². The molecule has 3 amide bonds. The van der Waals surface area contributed by atoms with E-state index in [1.54, 1.807) is 0 Å². The summed E-state index contributed by atoms with van der Waals surface area (Å²) >= 11 is 0. The molecule has 1 aliphatic heterocycles. The number of amides is 3. The van der Waals surface area contributed by atoms with Crippen LogP contribution in [0.1, 0.15) is 62.7 Å². The standard InChI is InChI=1S/C30H35F2N3O4/c1-18(29(33)37)35(26(36)15-20-13-22(31)16-23(32)14-20)27-28(21-7-3-2-4-8-21)39-25-10-6-5-9-24(25)34(30(27)38)17-19-11-12-19/h2-4,7-8,13-14,16,18-19,24-25,27-28H,5-6,9-12,15,17H2,1H3,(H2,33,37)/t18?,24-,25-,27-,28+/m0/s1. The smallest absolute Gasteiger partial charge is 0.248 e. The van der Waals surface area contributed by atoms with E-state index in [1.807, 2.05) is 35.2 Å². The molecule has 2 saturated carbocycles. The summed E-state index contributed by atoms with van der Waals surface area (Å²) < 4.78 is 34.6. The summed E-state index contributed by atoms with van der Waals surface area (Å²) in [5.41, 5.74) is 6.52. The van der Waals surface area contributed by atoms with E-state index < -0.39 is 48.1 Å². The van der Waals surface area contributed by atoms with Crippen molar-refractivity contribution in [2.75, 3.05) is 6.54 Å². The third-order valence-electron chi connectivity index (χ3n) is 8.19. The minimum atomic E-state index is -1.18. The fourth-order valence-electron chi connectivity index (χ4n) is 6.02. The Kier molecular flexibility index (Phi) is 7.98. The van der Waals surface area contributed by atoms with Gasteiger partial charge in [-0.3, -0.25) is 14.4 Å². The van der Waals surface area contributed by atoms with E-state index in [2.05, 4.69) is 0 Å². The van der Waals surface area contributed by atoms with Crippen LogP contribution in [0.3, 0.4) is 0 Å². The highest BCUT2D eigenvalue weighted by Gasteiger charge is 2.51. The highest BCUT2D eigenvalue weighted by molar-refractivity contribution is 5.93. The first kappa shape index (κ1) is 27.2. The van der Waals surface area contributed by atoms with Crippen LogP contribution in [0.25, 0.3) is 0 Å². The number of carbonyl (C=O) groups is 3. The third-order valence-corrected chi connectivity index (χ3v) is 8.19. The number of carbonyl (C=O) groups excluding carboxylic acids is 3. The van der Waals surface area contributed by atoms with E-state index >= 15 is 0 Å². The summed E-state index contributed by atoms with van der Waals surface area (Å²) in [6.45, 7) is 2.05. The molecule has 0 aromatic heterocycles.